The van der Waals surface area contributed by atoms with Crippen LogP contribution in [0.4, 0.5) is 11.5 Å². The van der Waals surface area contributed by atoms with Crippen LogP contribution >= 0.6 is 0 Å². The Morgan fingerprint density at radius 2 is 1.63 bits per heavy atom. The van der Waals surface area contributed by atoms with Crippen molar-refractivity contribution in [1.82, 2.24) is 10.2 Å². The van der Waals surface area contributed by atoms with Crippen molar-refractivity contribution in [3.63, 3.8) is 0 Å². The van der Waals surface area contributed by atoms with Crippen molar-refractivity contribution in [2.24, 2.45) is 0 Å². The highest BCUT2D eigenvalue weighted by Crippen LogP contribution is 2.22. The van der Waals surface area contributed by atoms with E-state index in [1.807, 2.05) is 48.5 Å². The second-order valence-electron chi connectivity index (χ2n) is 7.79. The quantitative estimate of drug-likeness (QED) is 0.600. The first-order valence-electron chi connectivity index (χ1n) is 10.8. The lowest BCUT2D eigenvalue weighted by atomic mass is 10.1. The second-order valence-corrected chi connectivity index (χ2v) is 7.79. The van der Waals surface area contributed by atoms with E-state index < -0.39 is 0 Å². The summed E-state index contributed by atoms with van der Waals surface area (Å²) in [5, 5.41) is 11.8. The molecule has 1 fully saturated rings. The normalized spacial score (nSPS) is 13.8. The molecule has 1 aromatic heterocycles. The van der Waals surface area contributed by atoms with Crippen LogP contribution in [0.3, 0.4) is 0 Å². The molecule has 1 saturated heterocycles. The first-order valence-corrected chi connectivity index (χ1v) is 10.8. The zero-order valence-electron chi connectivity index (χ0n) is 17.3. The third kappa shape index (κ3) is 5.44. The van der Waals surface area contributed by atoms with Crippen molar-refractivity contribution in [2.75, 3.05) is 23.3 Å². The number of carbonyl (C=O) groups is 1. The Bertz CT molecular complexity index is 933. The molecule has 0 unspecified atom stereocenters. The van der Waals surface area contributed by atoms with Crippen LogP contribution in [0.2, 0.25) is 0 Å². The van der Waals surface area contributed by atoms with Gasteiger partial charge in [0, 0.05) is 30.8 Å². The standard InChI is InChI=1S/C25H28N4O/c30-25(11-7-10-20-8-3-1-4-9-20)26-22-14-12-21(13-15-22)23-16-17-24(28-27-23)29-18-5-2-6-19-29/h1,3-4,8-9,12-17H,2,5-7,10-11,18-19H2,(H,26,30). The number of carbonyl (C=O) groups excluding carboxylic acids is 1. The predicted octanol–water partition coefficient (Wildman–Crippen LogP) is 5.10. The zero-order chi connectivity index (χ0) is 20.6. The largest absolute Gasteiger partial charge is 0.355 e. The summed E-state index contributed by atoms with van der Waals surface area (Å²) in [6.45, 7) is 2.13. The van der Waals surface area contributed by atoms with E-state index in [2.05, 4.69) is 38.6 Å². The Morgan fingerprint density at radius 3 is 2.33 bits per heavy atom. The molecule has 0 spiro atoms. The zero-order valence-corrected chi connectivity index (χ0v) is 17.3. The molecule has 5 nitrogen and oxygen atoms in total. The van der Waals surface area contributed by atoms with Gasteiger partial charge in [-0.15, -0.1) is 10.2 Å². The molecule has 1 aliphatic rings. The van der Waals surface area contributed by atoms with Gasteiger partial charge in [0.1, 0.15) is 0 Å². The minimum Gasteiger partial charge on any atom is -0.355 e. The molecule has 2 aromatic carbocycles. The van der Waals surface area contributed by atoms with Crippen molar-refractivity contribution in [1.29, 1.82) is 0 Å². The number of nitrogens with one attached hydrogen (secondary N) is 1. The average Bonchev–Trinajstić information content (AvgIpc) is 2.81. The van der Waals surface area contributed by atoms with E-state index >= 15 is 0 Å². The van der Waals surface area contributed by atoms with Crippen LogP contribution in [0.15, 0.2) is 66.7 Å². The van der Waals surface area contributed by atoms with Crippen molar-refractivity contribution in [3.05, 3.63) is 72.3 Å². The summed E-state index contributed by atoms with van der Waals surface area (Å²) in [6.07, 6.45) is 6.02. The maximum absolute atomic E-state index is 12.2. The van der Waals surface area contributed by atoms with E-state index in [4.69, 9.17) is 0 Å². The Hall–Kier alpha value is -3.21. The van der Waals surface area contributed by atoms with Crippen molar-refractivity contribution in [2.45, 2.75) is 38.5 Å². The first-order chi connectivity index (χ1) is 14.8. The fourth-order valence-electron chi connectivity index (χ4n) is 3.82. The molecule has 3 aromatic rings. The van der Waals surface area contributed by atoms with E-state index in [1.54, 1.807) is 0 Å². The summed E-state index contributed by atoms with van der Waals surface area (Å²) in [5.74, 6) is 1.00. The van der Waals surface area contributed by atoms with Crippen LogP contribution in [0.1, 0.15) is 37.7 Å². The minimum atomic E-state index is 0.0457. The summed E-state index contributed by atoms with van der Waals surface area (Å²) < 4.78 is 0. The molecule has 0 bridgehead atoms. The minimum absolute atomic E-state index is 0.0457. The lowest BCUT2D eigenvalue weighted by Crippen LogP contribution is -2.30. The molecule has 2 heterocycles. The van der Waals surface area contributed by atoms with Crippen LogP contribution in [-0.4, -0.2) is 29.2 Å². The lowest BCUT2D eigenvalue weighted by molar-refractivity contribution is -0.116. The van der Waals surface area contributed by atoms with Gasteiger partial charge in [0.25, 0.3) is 0 Å². The SMILES string of the molecule is O=C(CCCc1ccccc1)Nc1ccc(-c2ccc(N3CCCCC3)nn2)cc1. The number of anilines is 2. The van der Waals surface area contributed by atoms with E-state index in [-0.39, 0.29) is 5.91 Å². The monoisotopic (exact) mass is 400 g/mol. The maximum atomic E-state index is 12.2. The van der Waals surface area contributed by atoms with Gasteiger partial charge in [0.2, 0.25) is 5.91 Å². The highest BCUT2D eigenvalue weighted by atomic mass is 16.1. The summed E-state index contributed by atoms with van der Waals surface area (Å²) in [5.41, 5.74) is 3.91. The molecule has 1 N–H and O–H groups in total. The van der Waals surface area contributed by atoms with E-state index in [1.165, 1.54) is 24.8 Å². The number of hydrogen-bond acceptors (Lipinski definition) is 4. The topological polar surface area (TPSA) is 58.1 Å². The van der Waals surface area contributed by atoms with Gasteiger partial charge < -0.3 is 10.2 Å². The molecule has 154 valence electrons. The summed E-state index contributed by atoms with van der Waals surface area (Å²) in [4.78, 5) is 14.5. The molecule has 4 rings (SSSR count). The number of piperidine rings is 1. The molecule has 0 aliphatic carbocycles. The van der Waals surface area contributed by atoms with Gasteiger partial charge in [0.15, 0.2) is 5.82 Å². The number of amides is 1. The smallest absolute Gasteiger partial charge is 0.224 e. The van der Waals surface area contributed by atoms with Crippen LogP contribution in [-0.2, 0) is 11.2 Å². The van der Waals surface area contributed by atoms with Crippen LogP contribution in [0.5, 0.6) is 0 Å². The molecule has 0 atom stereocenters. The number of rotatable bonds is 7. The van der Waals surface area contributed by atoms with Gasteiger partial charge >= 0.3 is 0 Å². The number of nitrogens with zero attached hydrogens (tertiary/aromatic N) is 3. The van der Waals surface area contributed by atoms with Gasteiger partial charge in [-0.05, 0) is 61.9 Å². The molecule has 30 heavy (non-hydrogen) atoms. The van der Waals surface area contributed by atoms with Gasteiger partial charge in [0.05, 0.1) is 5.69 Å². The Kier molecular flexibility index (Phi) is 6.70. The van der Waals surface area contributed by atoms with Crippen LogP contribution in [0.25, 0.3) is 11.3 Å². The molecule has 0 saturated carbocycles. The third-order valence-electron chi connectivity index (χ3n) is 5.51. The Balaban J connectivity index is 1.28. The van der Waals surface area contributed by atoms with Gasteiger partial charge in [-0.3, -0.25) is 4.79 Å². The molecule has 0 radical (unpaired) electrons. The molecular weight excluding hydrogens is 372 g/mol. The number of benzene rings is 2. The molecular formula is C25H28N4O. The van der Waals surface area contributed by atoms with Crippen molar-refractivity contribution >= 4 is 17.4 Å². The van der Waals surface area contributed by atoms with Crippen LogP contribution in [0, 0.1) is 0 Å². The fourth-order valence-corrected chi connectivity index (χ4v) is 3.82. The van der Waals surface area contributed by atoms with E-state index in [0.29, 0.717) is 6.42 Å². The molecule has 5 heteroatoms. The average molecular weight is 401 g/mol. The van der Waals surface area contributed by atoms with E-state index in [9.17, 15) is 4.79 Å². The third-order valence-corrected chi connectivity index (χ3v) is 5.51. The Morgan fingerprint density at radius 1 is 0.867 bits per heavy atom. The highest BCUT2D eigenvalue weighted by molar-refractivity contribution is 5.90. The van der Waals surface area contributed by atoms with Gasteiger partial charge in [-0.1, -0.05) is 42.5 Å². The Labute approximate surface area is 178 Å². The maximum Gasteiger partial charge on any atom is 0.224 e. The summed E-state index contributed by atoms with van der Waals surface area (Å²) in [6, 6.07) is 22.1. The van der Waals surface area contributed by atoms with Crippen molar-refractivity contribution in [3.8, 4) is 11.3 Å². The fraction of sp³-hybridized carbons (Fsp3) is 0.320. The van der Waals surface area contributed by atoms with Gasteiger partial charge in [-0.25, -0.2) is 0 Å². The highest BCUT2D eigenvalue weighted by Gasteiger charge is 2.12. The number of aryl methyl sites for hydroxylation is 1. The van der Waals surface area contributed by atoms with E-state index in [0.717, 1.165) is 48.7 Å². The van der Waals surface area contributed by atoms with Crippen molar-refractivity contribution < 1.29 is 4.79 Å². The lowest BCUT2D eigenvalue weighted by Gasteiger charge is -2.27. The first kappa shape index (κ1) is 20.1. The van der Waals surface area contributed by atoms with Gasteiger partial charge in [-0.2, -0.15) is 0 Å². The summed E-state index contributed by atoms with van der Waals surface area (Å²) >= 11 is 0. The second kappa shape index (κ2) is 10.0. The number of hydrogen-bond donors (Lipinski definition) is 1. The van der Waals surface area contributed by atoms with Crippen LogP contribution < -0.4 is 10.2 Å². The molecule has 1 amide bonds. The molecule has 1 aliphatic heterocycles. The summed E-state index contributed by atoms with van der Waals surface area (Å²) in [7, 11) is 0. The predicted molar refractivity (Wildman–Crippen MR) is 122 cm³/mol. The number of aromatic nitrogens is 2.